The van der Waals surface area contributed by atoms with Crippen molar-refractivity contribution in [3.8, 4) is 10.6 Å². The zero-order valence-electron chi connectivity index (χ0n) is 12.2. The summed E-state index contributed by atoms with van der Waals surface area (Å²) < 4.78 is 13.9. The molecule has 114 valence electrons. The molecule has 1 heterocycles. The first kappa shape index (κ1) is 16.3. The van der Waals surface area contributed by atoms with Gasteiger partial charge in [-0.05, 0) is 37.6 Å². The van der Waals surface area contributed by atoms with Crippen LogP contribution in [0, 0.1) is 11.7 Å². The van der Waals surface area contributed by atoms with Crippen LogP contribution in [0.1, 0.15) is 25.3 Å². The second-order valence-electron chi connectivity index (χ2n) is 5.30. The maximum Gasteiger partial charge on any atom is 0.152 e. The standard InChI is InChI=1S/C15H19ClFN3S/c1-10(2)9-18-8-4-7-13-19-20-15(21-13)11-5-3-6-12(16)14(11)17/h3,5-6,10,18H,4,7-9H2,1-2H3. The highest BCUT2D eigenvalue weighted by atomic mass is 35.5. The molecule has 0 spiro atoms. The Morgan fingerprint density at radius 2 is 2.14 bits per heavy atom. The number of hydrogen-bond donors (Lipinski definition) is 1. The number of hydrogen-bond acceptors (Lipinski definition) is 4. The highest BCUT2D eigenvalue weighted by Crippen LogP contribution is 2.29. The van der Waals surface area contributed by atoms with Crippen molar-refractivity contribution in [1.82, 2.24) is 15.5 Å². The first-order valence-corrected chi connectivity index (χ1v) is 8.25. The highest BCUT2D eigenvalue weighted by Gasteiger charge is 2.13. The van der Waals surface area contributed by atoms with Crippen LogP contribution >= 0.6 is 22.9 Å². The molecule has 0 saturated carbocycles. The molecule has 1 aromatic heterocycles. The fourth-order valence-corrected chi connectivity index (χ4v) is 2.96. The van der Waals surface area contributed by atoms with Gasteiger partial charge in [-0.2, -0.15) is 0 Å². The molecule has 0 aliphatic carbocycles. The van der Waals surface area contributed by atoms with Gasteiger partial charge in [0.15, 0.2) is 10.8 Å². The van der Waals surface area contributed by atoms with E-state index in [2.05, 4.69) is 29.4 Å². The third-order valence-corrected chi connectivity index (χ3v) is 4.25. The Hall–Kier alpha value is -1.04. The zero-order valence-corrected chi connectivity index (χ0v) is 13.8. The topological polar surface area (TPSA) is 37.8 Å². The minimum Gasteiger partial charge on any atom is -0.316 e. The number of aromatic nitrogens is 2. The average molecular weight is 328 g/mol. The molecule has 0 aliphatic rings. The molecule has 0 atom stereocenters. The lowest BCUT2D eigenvalue weighted by Crippen LogP contribution is -2.21. The van der Waals surface area contributed by atoms with Gasteiger partial charge in [-0.1, -0.05) is 42.9 Å². The van der Waals surface area contributed by atoms with Gasteiger partial charge in [0.05, 0.1) is 5.02 Å². The quantitative estimate of drug-likeness (QED) is 0.775. The summed E-state index contributed by atoms with van der Waals surface area (Å²) in [6.45, 7) is 6.35. The van der Waals surface area contributed by atoms with Gasteiger partial charge in [-0.25, -0.2) is 4.39 Å². The molecule has 0 radical (unpaired) electrons. The van der Waals surface area contributed by atoms with E-state index in [1.165, 1.54) is 17.4 Å². The number of benzene rings is 1. The third kappa shape index (κ3) is 4.73. The van der Waals surface area contributed by atoms with Crippen molar-refractivity contribution >= 4 is 22.9 Å². The molecule has 3 nitrogen and oxygen atoms in total. The predicted molar refractivity (Wildman–Crippen MR) is 86.3 cm³/mol. The van der Waals surface area contributed by atoms with Crippen molar-refractivity contribution in [2.45, 2.75) is 26.7 Å². The predicted octanol–water partition coefficient (Wildman–Crippen LogP) is 4.18. The normalized spacial score (nSPS) is 11.3. The second kappa shape index (κ2) is 7.82. The van der Waals surface area contributed by atoms with Crippen LogP contribution in [-0.4, -0.2) is 23.3 Å². The van der Waals surface area contributed by atoms with Crippen LogP contribution in [0.3, 0.4) is 0 Å². The van der Waals surface area contributed by atoms with E-state index in [9.17, 15) is 4.39 Å². The Labute approximate surface area is 133 Å². The van der Waals surface area contributed by atoms with Crippen molar-refractivity contribution in [2.75, 3.05) is 13.1 Å². The van der Waals surface area contributed by atoms with Gasteiger partial charge in [0.1, 0.15) is 5.01 Å². The molecule has 2 aromatic rings. The summed E-state index contributed by atoms with van der Waals surface area (Å²) in [5.41, 5.74) is 0.421. The van der Waals surface area contributed by atoms with Crippen molar-refractivity contribution in [1.29, 1.82) is 0 Å². The van der Waals surface area contributed by atoms with Gasteiger partial charge in [0, 0.05) is 12.0 Å². The van der Waals surface area contributed by atoms with E-state index < -0.39 is 5.82 Å². The van der Waals surface area contributed by atoms with Gasteiger partial charge in [-0.3, -0.25) is 0 Å². The van der Waals surface area contributed by atoms with Gasteiger partial charge in [-0.15, -0.1) is 10.2 Å². The number of halogens is 2. The molecular formula is C15H19ClFN3S. The summed E-state index contributed by atoms with van der Waals surface area (Å²) in [6.07, 6.45) is 1.85. The SMILES string of the molecule is CC(C)CNCCCc1nnc(-c2cccc(Cl)c2F)s1. The molecule has 1 N–H and O–H groups in total. The van der Waals surface area contributed by atoms with Gasteiger partial charge in [0.2, 0.25) is 0 Å². The molecule has 1 aromatic carbocycles. The first-order valence-electron chi connectivity index (χ1n) is 7.05. The lowest BCUT2D eigenvalue weighted by Gasteiger charge is -2.05. The Morgan fingerprint density at radius 3 is 2.90 bits per heavy atom. The van der Waals surface area contributed by atoms with E-state index in [1.807, 2.05) is 0 Å². The van der Waals surface area contributed by atoms with Crippen molar-refractivity contribution in [3.63, 3.8) is 0 Å². The van der Waals surface area contributed by atoms with Crippen LogP contribution in [0.15, 0.2) is 18.2 Å². The minimum absolute atomic E-state index is 0.113. The fraction of sp³-hybridized carbons (Fsp3) is 0.467. The highest BCUT2D eigenvalue weighted by molar-refractivity contribution is 7.14. The molecule has 0 bridgehead atoms. The molecule has 0 unspecified atom stereocenters. The molecule has 6 heteroatoms. The molecule has 0 fully saturated rings. The van der Waals surface area contributed by atoms with Gasteiger partial charge < -0.3 is 5.32 Å². The lowest BCUT2D eigenvalue weighted by molar-refractivity contribution is 0.542. The van der Waals surface area contributed by atoms with E-state index in [4.69, 9.17) is 11.6 Å². The first-order chi connectivity index (χ1) is 10.1. The van der Waals surface area contributed by atoms with Crippen molar-refractivity contribution < 1.29 is 4.39 Å². The fourth-order valence-electron chi connectivity index (χ4n) is 1.89. The molecule has 0 aliphatic heterocycles. The van der Waals surface area contributed by atoms with E-state index in [0.29, 0.717) is 16.5 Å². The number of nitrogens with zero attached hydrogens (tertiary/aromatic N) is 2. The molecule has 0 amide bonds. The van der Waals surface area contributed by atoms with Crippen LogP contribution in [0.25, 0.3) is 10.6 Å². The average Bonchev–Trinajstić information content (AvgIpc) is 2.90. The number of rotatable bonds is 7. The molecule has 21 heavy (non-hydrogen) atoms. The largest absolute Gasteiger partial charge is 0.316 e. The Balaban J connectivity index is 1.91. The Bertz CT molecular complexity index is 586. The Morgan fingerprint density at radius 1 is 1.33 bits per heavy atom. The van der Waals surface area contributed by atoms with E-state index in [1.54, 1.807) is 12.1 Å². The Kier molecular flexibility index (Phi) is 6.08. The monoisotopic (exact) mass is 327 g/mol. The van der Waals surface area contributed by atoms with Crippen LogP contribution in [0.5, 0.6) is 0 Å². The summed E-state index contributed by atoms with van der Waals surface area (Å²) in [7, 11) is 0. The van der Waals surface area contributed by atoms with E-state index in [0.717, 1.165) is 30.9 Å². The van der Waals surface area contributed by atoms with Crippen LogP contribution in [-0.2, 0) is 6.42 Å². The zero-order chi connectivity index (χ0) is 15.2. The van der Waals surface area contributed by atoms with Crippen LogP contribution in [0.2, 0.25) is 5.02 Å². The molecule has 0 saturated heterocycles. The summed E-state index contributed by atoms with van der Waals surface area (Å²) >= 11 is 7.21. The lowest BCUT2D eigenvalue weighted by atomic mass is 10.2. The summed E-state index contributed by atoms with van der Waals surface area (Å²) in [5, 5.41) is 13.2. The van der Waals surface area contributed by atoms with Crippen molar-refractivity contribution in [2.24, 2.45) is 5.92 Å². The van der Waals surface area contributed by atoms with E-state index >= 15 is 0 Å². The van der Waals surface area contributed by atoms with Crippen LogP contribution < -0.4 is 5.32 Å². The second-order valence-corrected chi connectivity index (χ2v) is 6.77. The smallest absolute Gasteiger partial charge is 0.152 e. The number of aryl methyl sites for hydroxylation is 1. The van der Waals surface area contributed by atoms with E-state index in [-0.39, 0.29) is 5.02 Å². The summed E-state index contributed by atoms with van der Waals surface area (Å²) in [6, 6.07) is 4.93. The molecule has 2 rings (SSSR count). The maximum atomic E-state index is 13.9. The van der Waals surface area contributed by atoms with Gasteiger partial charge in [0.25, 0.3) is 0 Å². The number of nitrogens with one attached hydrogen (secondary N) is 1. The molecular weight excluding hydrogens is 309 g/mol. The van der Waals surface area contributed by atoms with Crippen LogP contribution in [0.4, 0.5) is 4.39 Å². The van der Waals surface area contributed by atoms with Crippen molar-refractivity contribution in [3.05, 3.63) is 34.0 Å². The van der Waals surface area contributed by atoms with Gasteiger partial charge >= 0.3 is 0 Å². The summed E-state index contributed by atoms with van der Waals surface area (Å²) in [5.74, 6) is 0.226. The minimum atomic E-state index is -0.430. The third-order valence-electron chi connectivity index (χ3n) is 2.95. The summed E-state index contributed by atoms with van der Waals surface area (Å²) in [4.78, 5) is 0. The maximum absolute atomic E-state index is 13.9.